The first-order valence-corrected chi connectivity index (χ1v) is 5.91. The van der Waals surface area contributed by atoms with Crippen LogP contribution in [-0.2, 0) is 4.74 Å². The van der Waals surface area contributed by atoms with Gasteiger partial charge in [-0.1, -0.05) is 0 Å². The first kappa shape index (κ1) is 10.9. The molecule has 1 aliphatic rings. The molecule has 0 aliphatic carbocycles. The zero-order valence-electron chi connectivity index (χ0n) is 8.70. The molecule has 0 spiro atoms. The lowest BCUT2D eigenvalue weighted by Crippen LogP contribution is -2.13. The van der Waals surface area contributed by atoms with Crippen molar-refractivity contribution < 1.29 is 9.47 Å². The summed E-state index contributed by atoms with van der Waals surface area (Å²) in [6.07, 6.45) is 5.29. The molecular formula is C11H14BrNO2. The Morgan fingerprint density at radius 2 is 2.40 bits per heavy atom. The van der Waals surface area contributed by atoms with Crippen molar-refractivity contribution in [3.8, 4) is 5.88 Å². The van der Waals surface area contributed by atoms with Crippen molar-refractivity contribution >= 4 is 15.9 Å². The molecule has 1 fully saturated rings. The molecule has 1 atom stereocenters. The smallest absolute Gasteiger partial charge is 0.218 e. The van der Waals surface area contributed by atoms with Gasteiger partial charge in [-0.05, 0) is 41.3 Å². The van der Waals surface area contributed by atoms with Gasteiger partial charge in [0.25, 0.3) is 0 Å². The lowest BCUT2D eigenvalue weighted by molar-refractivity contribution is 0.0132. The number of nitrogens with zero attached hydrogens (tertiary/aromatic N) is 1. The van der Waals surface area contributed by atoms with Crippen LogP contribution in [0.4, 0.5) is 0 Å². The van der Waals surface area contributed by atoms with E-state index in [0.29, 0.717) is 5.88 Å². The standard InChI is InChI=1S/C11H14BrNO2/c1-14-11-9(6-8(12)7-13-11)10-4-2-3-5-15-10/h6-7,10H,2-5H2,1H3. The van der Waals surface area contributed by atoms with Crippen molar-refractivity contribution in [2.45, 2.75) is 25.4 Å². The number of methoxy groups -OCH3 is 1. The average Bonchev–Trinajstić information content (AvgIpc) is 2.30. The Morgan fingerprint density at radius 1 is 1.53 bits per heavy atom. The van der Waals surface area contributed by atoms with Crippen LogP contribution in [0.1, 0.15) is 30.9 Å². The molecule has 0 amide bonds. The largest absolute Gasteiger partial charge is 0.481 e. The molecule has 1 saturated heterocycles. The van der Waals surface area contributed by atoms with Crippen molar-refractivity contribution in [2.75, 3.05) is 13.7 Å². The fourth-order valence-electron chi connectivity index (χ4n) is 1.83. The molecule has 2 rings (SSSR count). The lowest BCUT2D eigenvalue weighted by atomic mass is 10.0. The number of ether oxygens (including phenoxy) is 2. The van der Waals surface area contributed by atoms with E-state index < -0.39 is 0 Å². The van der Waals surface area contributed by atoms with E-state index in [2.05, 4.69) is 20.9 Å². The number of hydrogen-bond donors (Lipinski definition) is 0. The van der Waals surface area contributed by atoms with E-state index in [4.69, 9.17) is 9.47 Å². The van der Waals surface area contributed by atoms with E-state index in [1.165, 1.54) is 6.42 Å². The topological polar surface area (TPSA) is 31.4 Å². The molecule has 0 saturated carbocycles. The van der Waals surface area contributed by atoms with Crippen LogP contribution in [0.15, 0.2) is 16.7 Å². The summed E-state index contributed by atoms with van der Waals surface area (Å²) in [5, 5.41) is 0. The summed E-state index contributed by atoms with van der Waals surface area (Å²) in [5.41, 5.74) is 1.05. The zero-order chi connectivity index (χ0) is 10.7. The van der Waals surface area contributed by atoms with Crippen molar-refractivity contribution in [2.24, 2.45) is 0 Å². The van der Waals surface area contributed by atoms with Gasteiger partial charge in [-0.25, -0.2) is 4.98 Å². The minimum atomic E-state index is 0.138. The summed E-state index contributed by atoms with van der Waals surface area (Å²) in [4.78, 5) is 4.22. The Morgan fingerprint density at radius 3 is 3.07 bits per heavy atom. The third-order valence-electron chi connectivity index (χ3n) is 2.57. The SMILES string of the molecule is COc1ncc(Br)cc1C1CCCCO1. The molecular weight excluding hydrogens is 258 g/mol. The zero-order valence-corrected chi connectivity index (χ0v) is 10.3. The normalized spacial score (nSPS) is 21.3. The molecule has 0 aromatic carbocycles. The maximum Gasteiger partial charge on any atom is 0.218 e. The molecule has 15 heavy (non-hydrogen) atoms. The first-order valence-electron chi connectivity index (χ1n) is 5.12. The summed E-state index contributed by atoms with van der Waals surface area (Å²) >= 11 is 3.42. The second-order valence-corrected chi connectivity index (χ2v) is 4.52. The van der Waals surface area contributed by atoms with E-state index in [0.717, 1.165) is 29.5 Å². The minimum absolute atomic E-state index is 0.138. The van der Waals surface area contributed by atoms with Gasteiger partial charge in [-0.3, -0.25) is 0 Å². The van der Waals surface area contributed by atoms with Gasteiger partial charge in [0.05, 0.1) is 13.2 Å². The highest BCUT2D eigenvalue weighted by Gasteiger charge is 2.20. The number of pyridine rings is 1. The quantitative estimate of drug-likeness (QED) is 0.829. The molecule has 0 N–H and O–H groups in total. The van der Waals surface area contributed by atoms with E-state index in [1.54, 1.807) is 13.3 Å². The van der Waals surface area contributed by atoms with E-state index in [9.17, 15) is 0 Å². The van der Waals surface area contributed by atoms with Crippen LogP contribution < -0.4 is 4.74 Å². The Balaban J connectivity index is 2.27. The number of hydrogen-bond acceptors (Lipinski definition) is 3. The van der Waals surface area contributed by atoms with Gasteiger partial charge in [0.15, 0.2) is 0 Å². The van der Waals surface area contributed by atoms with Gasteiger partial charge < -0.3 is 9.47 Å². The molecule has 1 aromatic heterocycles. The summed E-state index contributed by atoms with van der Waals surface area (Å²) in [6, 6.07) is 2.03. The van der Waals surface area contributed by atoms with E-state index >= 15 is 0 Å². The van der Waals surface area contributed by atoms with Crippen molar-refractivity contribution in [3.63, 3.8) is 0 Å². The Kier molecular flexibility index (Phi) is 3.59. The number of halogens is 1. The van der Waals surface area contributed by atoms with Crippen LogP contribution >= 0.6 is 15.9 Å². The Bertz CT molecular complexity index is 337. The molecule has 2 heterocycles. The highest BCUT2D eigenvalue weighted by atomic mass is 79.9. The van der Waals surface area contributed by atoms with Gasteiger partial charge in [-0.2, -0.15) is 0 Å². The van der Waals surface area contributed by atoms with Crippen LogP contribution in [0.2, 0.25) is 0 Å². The van der Waals surface area contributed by atoms with Crippen LogP contribution in [0, 0.1) is 0 Å². The lowest BCUT2D eigenvalue weighted by Gasteiger charge is -2.23. The number of aromatic nitrogens is 1. The maximum absolute atomic E-state index is 5.72. The third kappa shape index (κ3) is 2.49. The van der Waals surface area contributed by atoms with Crippen LogP contribution in [0.25, 0.3) is 0 Å². The van der Waals surface area contributed by atoms with Crippen LogP contribution in [0.5, 0.6) is 5.88 Å². The molecule has 0 bridgehead atoms. The summed E-state index contributed by atoms with van der Waals surface area (Å²) in [6.45, 7) is 0.834. The molecule has 1 aliphatic heterocycles. The minimum Gasteiger partial charge on any atom is -0.481 e. The van der Waals surface area contributed by atoms with Crippen LogP contribution in [-0.4, -0.2) is 18.7 Å². The molecule has 4 heteroatoms. The van der Waals surface area contributed by atoms with Gasteiger partial charge in [0.2, 0.25) is 5.88 Å². The van der Waals surface area contributed by atoms with Gasteiger partial charge in [0.1, 0.15) is 0 Å². The summed E-state index contributed by atoms with van der Waals surface area (Å²) in [7, 11) is 1.64. The number of rotatable bonds is 2. The predicted octanol–water partition coefficient (Wildman–Crippen LogP) is 3.09. The van der Waals surface area contributed by atoms with Gasteiger partial charge >= 0.3 is 0 Å². The van der Waals surface area contributed by atoms with Gasteiger partial charge in [0, 0.05) is 22.8 Å². The molecule has 82 valence electrons. The van der Waals surface area contributed by atoms with Gasteiger partial charge in [-0.15, -0.1) is 0 Å². The molecule has 0 radical (unpaired) electrons. The molecule has 1 unspecified atom stereocenters. The van der Waals surface area contributed by atoms with E-state index in [1.807, 2.05) is 6.07 Å². The third-order valence-corrected chi connectivity index (χ3v) is 3.00. The fraction of sp³-hybridized carbons (Fsp3) is 0.545. The summed E-state index contributed by atoms with van der Waals surface area (Å²) < 4.78 is 11.9. The second-order valence-electron chi connectivity index (χ2n) is 3.61. The van der Waals surface area contributed by atoms with Crippen LogP contribution in [0.3, 0.4) is 0 Å². The summed E-state index contributed by atoms with van der Waals surface area (Å²) in [5.74, 6) is 0.671. The average molecular weight is 272 g/mol. The molecule has 3 nitrogen and oxygen atoms in total. The maximum atomic E-state index is 5.72. The fourth-order valence-corrected chi connectivity index (χ4v) is 2.18. The van der Waals surface area contributed by atoms with E-state index in [-0.39, 0.29) is 6.10 Å². The predicted molar refractivity (Wildman–Crippen MR) is 61.0 cm³/mol. The van der Waals surface area contributed by atoms with Crippen molar-refractivity contribution in [1.29, 1.82) is 0 Å². The molecule has 1 aromatic rings. The highest BCUT2D eigenvalue weighted by Crippen LogP contribution is 2.34. The monoisotopic (exact) mass is 271 g/mol. The van der Waals surface area contributed by atoms with Crippen molar-refractivity contribution in [3.05, 3.63) is 22.3 Å². The Hall–Kier alpha value is -0.610. The first-order chi connectivity index (χ1) is 7.31. The highest BCUT2D eigenvalue weighted by molar-refractivity contribution is 9.10. The second kappa shape index (κ2) is 4.94. The Labute approximate surface area is 97.9 Å². The van der Waals surface area contributed by atoms with Crippen molar-refractivity contribution in [1.82, 2.24) is 4.98 Å².